The van der Waals surface area contributed by atoms with Crippen LogP contribution in [0.1, 0.15) is 13.8 Å². The SMILES string of the molecule is CCOc1ccc(N)cc1S(=O)(=O)N1CCOCC1C. The Morgan fingerprint density at radius 2 is 2.25 bits per heavy atom. The summed E-state index contributed by atoms with van der Waals surface area (Å²) < 4.78 is 37.7. The van der Waals surface area contributed by atoms with Crippen molar-refractivity contribution in [2.75, 3.05) is 32.1 Å². The Kier molecular flexibility index (Phi) is 4.52. The van der Waals surface area contributed by atoms with Crippen molar-refractivity contribution in [2.24, 2.45) is 0 Å². The molecule has 2 N–H and O–H groups in total. The predicted molar refractivity (Wildman–Crippen MR) is 76.2 cm³/mol. The monoisotopic (exact) mass is 300 g/mol. The fourth-order valence-electron chi connectivity index (χ4n) is 2.20. The average molecular weight is 300 g/mol. The molecule has 0 aromatic heterocycles. The summed E-state index contributed by atoms with van der Waals surface area (Å²) in [5.74, 6) is 0.334. The van der Waals surface area contributed by atoms with E-state index in [-0.39, 0.29) is 10.9 Å². The standard InChI is InChI=1S/C13H20N2O4S/c1-3-19-12-5-4-11(14)8-13(12)20(16,17)15-6-7-18-9-10(15)2/h4-5,8,10H,3,6-7,9,14H2,1-2H3. The van der Waals surface area contributed by atoms with Gasteiger partial charge in [-0.25, -0.2) is 8.42 Å². The zero-order valence-corrected chi connectivity index (χ0v) is 12.5. The largest absolute Gasteiger partial charge is 0.492 e. The summed E-state index contributed by atoms with van der Waals surface area (Å²) in [6.45, 7) is 5.16. The van der Waals surface area contributed by atoms with Gasteiger partial charge in [0.2, 0.25) is 10.0 Å². The van der Waals surface area contributed by atoms with Gasteiger partial charge < -0.3 is 15.2 Å². The number of sulfonamides is 1. The van der Waals surface area contributed by atoms with Gasteiger partial charge in [-0.15, -0.1) is 0 Å². The minimum Gasteiger partial charge on any atom is -0.492 e. The molecule has 1 atom stereocenters. The molecule has 112 valence electrons. The molecular weight excluding hydrogens is 280 g/mol. The summed E-state index contributed by atoms with van der Waals surface area (Å²) in [6.07, 6.45) is 0. The van der Waals surface area contributed by atoms with Gasteiger partial charge in [0.15, 0.2) is 0 Å². The van der Waals surface area contributed by atoms with Crippen molar-refractivity contribution < 1.29 is 17.9 Å². The molecule has 7 heteroatoms. The molecule has 0 radical (unpaired) electrons. The van der Waals surface area contributed by atoms with Crippen molar-refractivity contribution in [3.05, 3.63) is 18.2 Å². The lowest BCUT2D eigenvalue weighted by molar-refractivity contribution is 0.0392. The number of nitrogens with two attached hydrogens (primary N) is 1. The second-order valence-corrected chi connectivity index (χ2v) is 6.54. The van der Waals surface area contributed by atoms with Gasteiger partial charge in [0.25, 0.3) is 0 Å². The van der Waals surface area contributed by atoms with E-state index in [0.29, 0.717) is 37.8 Å². The number of morpholine rings is 1. The third-order valence-electron chi connectivity index (χ3n) is 3.16. The number of hydrogen-bond acceptors (Lipinski definition) is 5. The molecule has 0 spiro atoms. The highest BCUT2D eigenvalue weighted by atomic mass is 32.2. The first kappa shape index (κ1) is 15.1. The van der Waals surface area contributed by atoms with Crippen LogP contribution in [-0.2, 0) is 14.8 Å². The first-order valence-electron chi connectivity index (χ1n) is 6.58. The molecule has 1 heterocycles. The second kappa shape index (κ2) is 5.99. The Labute approximate surface area is 119 Å². The highest BCUT2D eigenvalue weighted by Gasteiger charge is 2.33. The van der Waals surface area contributed by atoms with E-state index in [2.05, 4.69) is 0 Å². The highest BCUT2D eigenvalue weighted by molar-refractivity contribution is 7.89. The van der Waals surface area contributed by atoms with Gasteiger partial charge in [-0.2, -0.15) is 4.31 Å². The van der Waals surface area contributed by atoms with Crippen LogP contribution in [0, 0.1) is 0 Å². The molecule has 0 aliphatic carbocycles. The van der Waals surface area contributed by atoms with Crippen LogP contribution < -0.4 is 10.5 Å². The van der Waals surface area contributed by atoms with E-state index in [9.17, 15) is 8.42 Å². The van der Waals surface area contributed by atoms with Gasteiger partial charge >= 0.3 is 0 Å². The normalized spacial score (nSPS) is 20.8. The Balaban J connectivity index is 2.44. The summed E-state index contributed by atoms with van der Waals surface area (Å²) in [5, 5.41) is 0. The number of nitrogen functional groups attached to an aromatic ring is 1. The van der Waals surface area contributed by atoms with E-state index < -0.39 is 10.0 Å². The molecule has 1 aliphatic rings. The number of hydrogen-bond donors (Lipinski definition) is 1. The molecule has 1 unspecified atom stereocenters. The molecular formula is C13H20N2O4S. The Hall–Kier alpha value is -1.31. The Bertz CT molecular complexity index is 574. The molecule has 1 aromatic carbocycles. The van der Waals surface area contributed by atoms with Crippen molar-refractivity contribution in [2.45, 2.75) is 24.8 Å². The van der Waals surface area contributed by atoms with Gasteiger partial charge in [-0.3, -0.25) is 0 Å². The number of rotatable bonds is 4. The highest BCUT2D eigenvalue weighted by Crippen LogP contribution is 2.30. The smallest absolute Gasteiger partial charge is 0.247 e. The lowest BCUT2D eigenvalue weighted by Crippen LogP contribution is -2.47. The minimum absolute atomic E-state index is 0.119. The van der Waals surface area contributed by atoms with Crippen molar-refractivity contribution in [1.29, 1.82) is 0 Å². The van der Waals surface area contributed by atoms with Crippen LogP contribution in [0.25, 0.3) is 0 Å². The van der Waals surface area contributed by atoms with E-state index in [4.69, 9.17) is 15.2 Å². The predicted octanol–water partition coefficient (Wildman–Crippen LogP) is 1.08. The second-order valence-electron chi connectivity index (χ2n) is 4.68. The Morgan fingerprint density at radius 1 is 1.50 bits per heavy atom. The molecule has 2 rings (SSSR count). The molecule has 0 amide bonds. The van der Waals surface area contributed by atoms with Gasteiger partial charge in [0, 0.05) is 18.3 Å². The number of anilines is 1. The zero-order valence-electron chi connectivity index (χ0n) is 11.7. The molecule has 1 aliphatic heterocycles. The quantitative estimate of drug-likeness (QED) is 0.841. The van der Waals surface area contributed by atoms with Crippen molar-refractivity contribution >= 4 is 15.7 Å². The summed E-state index contributed by atoms with van der Waals surface area (Å²) in [4.78, 5) is 0.119. The lowest BCUT2D eigenvalue weighted by Gasteiger charge is -2.32. The third kappa shape index (κ3) is 2.89. The first-order chi connectivity index (χ1) is 9.46. The van der Waals surface area contributed by atoms with Crippen LogP contribution in [0.3, 0.4) is 0 Å². The van der Waals surface area contributed by atoms with E-state index in [1.54, 1.807) is 12.1 Å². The van der Waals surface area contributed by atoms with E-state index in [1.165, 1.54) is 10.4 Å². The fourth-order valence-corrected chi connectivity index (χ4v) is 3.96. The molecule has 6 nitrogen and oxygen atoms in total. The van der Waals surface area contributed by atoms with Crippen LogP contribution in [0.5, 0.6) is 5.75 Å². The lowest BCUT2D eigenvalue weighted by atomic mass is 10.3. The first-order valence-corrected chi connectivity index (χ1v) is 8.02. The zero-order chi connectivity index (χ0) is 14.8. The molecule has 1 fully saturated rings. The topological polar surface area (TPSA) is 81.9 Å². The van der Waals surface area contributed by atoms with Gasteiger partial charge in [-0.1, -0.05) is 0 Å². The van der Waals surface area contributed by atoms with Crippen LogP contribution in [-0.4, -0.2) is 45.1 Å². The summed E-state index contributed by atoms with van der Waals surface area (Å²) in [5.41, 5.74) is 6.12. The molecule has 1 aromatic rings. The van der Waals surface area contributed by atoms with Crippen molar-refractivity contribution in [1.82, 2.24) is 4.31 Å². The maximum absolute atomic E-state index is 12.8. The minimum atomic E-state index is -3.64. The fraction of sp³-hybridized carbons (Fsp3) is 0.538. The maximum Gasteiger partial charge on any atom is 0.247 e. The number of nitrogens with zero attached hydrogens (tertiary/aromatic N) is 1. The summed E-state index contributed by atoms with van der Waals surface area (Å²) in [7, 11) is -3.64. The third-order valence-corrected chi connectivity index (χ3v) is 5.20. The maximum atomic E-state index is 12.8. The number of benzene rings is 1. The van der Waals surface area contributed by atoms with Crippen molar-refractivity contribution in [3.63, 3.8) is 0 Å². The summed E-state index contributed by atoms with van der Waals surface area (Å²) in [6, 6.07) is 4.47. The van der Waals surface area contributed by atoms with E-state index in [1.807, 2.05) is 13.8 Å². The molecule has 20 heavy (non-hydrogen) atoms. The van der Waals surface area contributed by atoms with E-state index in [0.717, 1.165) is 0 Å². The van der Waals surface area contributed by atoms with Crippen LogP contribution in [0.4, 0.5) is 5.69 Å². The molecule has 0 saturated carbocycles. The van der Waals surface area contributed by atoms with Gasteiger partial charge in [0.05, 0.1) is 19.8 Å². The Morgan fingerprint density at radius 3 is 2.90 bits per heavy atom. The number of ether oxygens (including phenoxy) is 2. The van der Waals surface area contributed by atoms with Crippen molar-refractivity contribution in [3.8, 4) is 5.75 Å². The molecule has 0 bridgehead atoms. The van der Waals surface area contributed by atoms with Crippen LogP contribution in [0.15, 0.2) is 23.1 Å². The van der Waals surface area contributed by atoms with Crippen LogP contribution >= 0.6 is 0 Å². The summed E-state index contributed by atoms with van der Waals surface area (Å²) >= 11 is 0. The van der Waals surface area contributed by atoms with Gasteiger partial charge in [-0.05, 0) is 32.0 Å². The van der Waals surface area contributed by atoms with Crippen LogP contribution in [0.2, 0.25) is 0 Å². The average Bonchev–Trinajstić information content (AvgIpc) is 2.41. The van der Waals surface area contributed by atoms with Gasteiger partial charge in [0.1, 0.15) is 10.6 Å². The molecule has 1 saturated heterocycles. The van der Waals surface area contributed by atoms with E-state index >= 15 is 0 Å².